The van der Waals surface area contributed by atoms with Crippen LogP contribution in [0.25, 0.3) is 42.1 Å². The minimum atomic E-state index is -0.364. The van der Waals surface area contributed by atoms with Crippen molar-refractivity contribution < 1.29 is 4.39 Å². The maximum atomic E-state index is 14.6. The van der Waals surface area contributed by atoms with Crippen molar-refractivity contribution in [2.45, 2.75) is 0 Å². The van der Waals surface area contributed by atoms with Crippen LogP contribution in [0.3, 0.4) is 0 Å². The van der Waals surface area contributed by atoms with Crippen molar-refractivity contribution in [1.82, 2.24) is 0 Å². The summed E-state index contributed by atoms with van der Waals surface area (Å²) in [6, 6.07) is 23.9. The van der Waals surface area contributed by atoms with Crippen molar-refractivity contribution in [1.29, 1.82) is 0 Å². The normalized spacial score (nSPS) is 11.6. The summed E-state index contributed by atoms with van der Waals surface area (Å²) in [5.41, 5.74) is 1.44. The van der Waals surface area contributed by atoms with E-state index >= 15 is 0 Å². The van der Waals surface area contributed by atoms with Crippen LogP contribution in [-0.4, -0.2) is 0 Å². The van der Waals surface area contributed by atoms with Gasteiger partial charge in [-0.3, -0.25) is 0 Å². The molecule has 5 aromatic rings. The van der Waals surface area contributed by atoms with Crippen molar-refractivity contribution in [2.75, 3.05) is 0 Å². The first kappa shape index (κ1) is 14.9. The Hall–Kier alpha value is -2.42. The monoisotopic (exact) mass is 362 g/mol. The Bertz CT molecular complexity index is 1270. The molecule has 0 aliphatic rings. The highest BCUT2D eigenvalue weighted by molar-refractivity contribution is 7.26. The molecule has 0 radical (unpaired) electrons. The molecule has 0 amide bonds. The molecule has 0 unspecified atom stereocenters. The molecule has 1 aromatic heterocycles. The summed E-state index contributed by atoms with van der Waals surface area (Å²) in [7, 11) is 0. The van der Waals surface area contributed by atoms with Gasteiger partial charge in [-0.2, -0.15) is 0 Å². The van der Waals surface area contributed by atoms with Crippen LogP contribution in [0.5, 0.6) is 0 Å². The molecule has 0 N–H and O–H groups in total. The Labute approximate surface area is 153 Å². The number of rotatable bonds is 1. The predicted octanol–water partition coefficient (Wildman–Crippen LogP) is 7.67. The fraction of sp³-hybridized carbons (Fsp3) is 0. The van der Waals surface area contributed by atoms with Crippen molar-refractivity contribution in [3.8, 4) is 11.1 Å². The second-order valence-electron chi connectivity index (χ2n) is 6.05. The van der Waals surface area contributed by atoms with Crippen LogP contribution >= 0.6 is 22.9 Å². The molecule has 120 valence electrons. The molecular weight excluding hydrogens is 351 g/mol. The van der Waals surface area contributed by atoms with Gasteiger partial charge >= 0.3 is 0 Å². The van der Waals surface area contributed by atoms with Gasteiger partial charge in [-0.15, -0.1) is 11.3 Å². The zero-order chi connectivity index (χ0) is 17.0. The average molecular weight is 363 g/mol. The molecule has 4 aromatic carbocycles. The van der Waals surface area contributed by atoms with E-state index in [1.807, 2.05) is 18.2 Å². The van der Waals surface area contributed by atoms with E-state index in [2.05, 4.69) is 36.4 Å². The number of halogens is 2. The maximum Gasteiger partial charge on any atom is 0.149 e. The summed E-state index contributed by atoms with van der Waals surface area (Å²) in [5, 5.41) is 4.86. The summed E-state index contributed by atoms with van der Waals surface area (Å²) >= 11 is 7.77. The van der Waals surface area contributed by atoms with E-state index in [0.29, 0.717) is 5.56 Å². The van der Waals surface area contributed by atoms with Crippen LogP contribution in [0.2, 0.25) is 5.02 Å². The molecule has 0 saturated carbocycles. The molecule has 1 heterocycles. The number of hydrogen-bond acceptors (Lipinski definition) is 1. The van der Waals surface area contributed by atoms with Crippen molar-refractivity contribution in [3.63, 3.8) is 0 Å². The molecule has 3 heteroatoms. The molecule has 0 saturated heterocycles. The molecule has 0 fully saturated rings. The van der Waals surface area contributed by atoms with Gasteiger partial charge in [-0.05, 0) is 28.5 Å². The van der Waals surface area contributed by atoms with Crippen LogP contribution in [0, 0.1) is 5.82 Å². The zero-order valence-electron chi connectivity index (χ0n) is 13.1. The molecule has 0 spiro atoms. The Morgan fingerprint density at radius 1 is 0.720 bits per heavy atom. The topological polar surface area (TPSA) is 0 Å². The molecular formula is C22H12ClFS. The molecule has 0 aliphatic heterocycles. The third-order valence-electron chi connectivity index (χ3n) is 4.63. The number of hydrogen-bond donors (Lipinski definition) is 0. The summed E-state index contributed by atoms with van der Waals surface area (Å²) < 4.78 is 17.0. The molecule has 0 nitrogen and oxygen atoms in total. The minimum absolute atomic E-state index is 0.152. The van der Waals surface area contributed by atoms with Gasteiger partial charge in [0.1, 0.15) is 5.82 Å². The highest BCUT2D eigenvalue weighted by Gasteiger charge is 2.16. The number of fused-ring (bicyclic) bond motifs is 5. The Morgan fingerprint density at radius 3 is 2.44 bits per heavy atom. The van der Waals surface area contributed by atoms with Crippen LogP contribution in [0.4, 0.5) is 4.39 Å². The Balaban J connectivity index is 1.95. The second kappa shape index (κ2) is 5.55. The summed E-state index contributed by atoms with van der Waals surface area (Å²) in [4.78, 5) is 0. The lowest BCUT2D eigenvalue weighted by Gasteiger charge is -2.07. The van der Waals surface area contributed by atoms with Gasteiger partial charge in [0.15, 0.2) is 0 Å². The molecule has 0 atom stereocenters. The highest BCUT2D eigenvalue weighted by atomic mass is 35.5. The largest absolute Gasteiger partial charge is 0.205 e. The van der Waals surface area contributed by atoms with E-state index in [9.17, 15) is 4.39 Å². The average Bonchev–Trinajstić information content (AvgIpc) is 3.03. The lowest BCUT2D eigenvalue weighted by Crippen LogP contribution is -1.86. The quantitative estimate of drug-likeness (QED) is 0.287. The van der Waals surface area contributed by atoms with Crippen LogP contribution < -0.4 is 0 Å². The second-order valence-corrected chi connectivity index (χ2v) is 7.50. The first-order valence-corrected chi connectivity index (χ1v) is 9.21. The fourth-order valence-electron chi connectivity index (χ4n) is 3.49. The van der Waals surface area contributed by atoms with Gasteiger partial charge in [0, 0.05) is 25.7 Å². The van der Waals surface area contributed by atoms with E-state index in [0.717, 1.165) is 21.0 Å². The molecule has 25 heavy (non-hydrogen) atoms. The highest BCUT2D eigenvalue weighted by Crippen LogP contribution is 2.43. The third-order valence-corrected chi connectivity index (χ3v) is 6.12. The minimum Gasteiger partial charge on any atom is -0.205 e. The molecule has 0 aliphatic carbocycles. The Kier molecular flexibility index (Phi) is 3.30. The molecule has 5 rings (SSSR count). The Morgan fingerprint density at radius 2 is 1.52 bits per heavy atom. The molecule has 0 bridgehead atoms. The lowest BCUT2D eigenvalue weighted by molar-refractivity contribution is 0.632. The smallest absolute Gasteiger partial charge is 0.149 e. The zero-order valence-corrected chi connectivity index (χ0v) is 14.7. The van der Waals surface area contributed by atoms with Gasteiger partial charge in [-0.25, -0.2) is 4.39 Å². The standard InChI is InChI=1S/C22H12ClFS/c23-18-9-3-8-16(21(18)24)15-7-4-10-19-20(15)17-12-11-13-5-1-2-6-14(13)22(17)25-19/h1-12H. The van der Waals surface area contributed by atoms with Crippen LogP contribution in [0.15, 0.2) is 72.8 Å². The van der Waals surface area contributed by atoms with E-state index in [4.69, 9.17) is 11.6 Å². The van der Waals surface area contributed by atoms with Gasteiger partial charge in [-0.1, -0.05) is 72.3 Å². The van der Waals surface area contributed by atoms with Gasteiger partial charge < -0.3 is 0 Å². The summed E-state index contributed by atoms with van der Waals surface area (Å²) in [6.07, 6.45) is 0. The van der Waals surface area contributed by atoms with E-state index < -0.39 is 0 Å². The van der Waals surface area contributed by atoms with Crippen molar-refractivity contribution >= 4 is 53.9 Å². The maximum absolute atomic E-state index is 14.6. The number of benzene rings is 4. The predicted molar refractivity (Wildman–Crippen MR) is 107 cm³/mol. The van der Waals surface area contributed by atoms with Crippen molar-refractivity contribution in [2.24, 2.45) is 0 Å². The van der Waals surface area contributed by atoms with Crippen LogP contribution in [0.1, 0.15) is 0 Å². The van der Waals surface area contributed by atoms with Gasteiger partial charge in [0.05, 0.1) is 5.02 Å². The summed E-state index contributed by atoms with van der Waals surface area (Å²) in [5.74, 6) is -0.364. The van der Waals surface area contributed by atoms with Gasteiger partial charge in [0.2, 0.25) is 0 Å². The van der Waals surface area contributed by atoms with Gasteiger partial charge in [0.25, 0.3) is 0 Å². The fourth-order valence-corrected chi connectivity index (χ4v) is 4.93. The summed E-state index contributed by atoms with van der Waals surface area (Å²) in [6.45, 7) is 0. The van der Waals surface area contributed by atoms with E-state index in [-0.39, 0.29) is 10.8 Å². The first-order valence-electron chi connectivity index (χ1n) is 8.01. The van der Waals surface area contributed by atoms with Crippen LogP contribution in [-0.2, 0) is 0 Å². The first-order chi connectivity index (χ1) is 12.2. The SMILES string of the molecule is Fc1c(Cl)cccc1-c1cccc2sc3c4ccccc4ccc3c12. The lowest BCUT2D eigenvalue weighted by atomic mass is 9.98. The number of thiophene rings is 1. The van der Waals surface area contributed by atoms with E-state index in [1.165, 1.54) is 15.5 Å². The van der Waals surface area contributed by atoms with E-state index in [1.54, 1.807) is 29.5 Å². The third kappa shape index (κ3) is 2.18. The van der Waals surface area contributed by atoms with Crippen molar-refractivity contribution in [3.05, 3.63) is 83.6 Å².